The van der Waals surface area contributed by atoms with E-state index in [0.29, 0.717) is 33.4 Å². The van der Waals surface area contributed by atoms with Crippen LogP contribution in [0, 0.1) is 6.92 Å². The molecule has 2 aromatic heterocycles. The lowest BCUT2D eigenvalue weighted by Gasteiger charge is -2.22. The van der Waals surface area contributed by atoms with Gasteiger partial charge in [0, 0.05) is 27.9 Å². The van der Waals surface area contributed by atoms with Crippen LogP contribution in [0.3, 0.4) is 0 Å². The van der Waals surface area contributed by atoms with Gasteiger partial charge in [0.2, 0.25) is 0 Å². The first kappa shape index (κ1) is 19.9. The van der Waals surface area contributed by atoms with Crippen molar-refractivity contribution < 1.29 is 14.6 Å². The van der Waals surface area contributed by atoms with Crippen molar-refractivity contribution in [1.82, 2.24) is 14.6 Å². The van der Waals surface area contributed by atoms with E-state index in [0.717, 1.165) is 24.2 Å². The highest BCUT2D eigenvalue weighted by Gasteiger charge is 2.30. The summed E-state index contributed by atoms with van der Waals surface area (Å²) in [6, 6.07) is 9.27. The number of aryl methyl sites for hydroxylation is 1. The molecule has 0 radical (unpaired) electrons. The second-order valence-corrected chi connectivity index (χ2v) is 8.03. The number of aliphatic hydroxyl groups excluding tert-OH is 1. The zero-order valence-corrected chi connectivity index (χ0v) is 17.3. The van der Waals surface area contributed by atoms with Crippen LogP contribution in [0.2, 0.25) is 5.02 Å². The molecule has 0 unspecified atom stereocenters. The zero-order chi connectivity index (χ0) is 20.5. The number of carbonyl (C=O) groups is 1. The minimum atomic E-state index is -1.49. The van der Waals surface area contributed by atoms with Gasteiger partial charge in [-0.3, -0.25) is 0 Å². The Kier molecular flexibility index (Phi) is 5.56. The van der Waals surface area contributed by atoms with Crippen LogP contribution in [0.1, 0.15) is 61.1 Å². The number of aliphatic hydroxyl groups is 1. The Morgan fingerprint density at radius 1 is 1.28 bits per heavy atom. The maximum Gasteiger partial charge on any atom is 0.339 e. The Labute approximate surface area is 174 Å². The van der Waals surface area contributed by atoms with Gasteiger partial charge in [0.15, 0.2) is 11.8 Å². The first-order chi connectivity index (χ1) is 14.0. The number of benzene rings is 1. The number of rotatable bonds is 4. The molecule has 1 fully saturated rings. The largest absolute Gasteiger partial charge is 0.467 e. The third-order valence-electron chi connectivity index (χ3n) is 5.60. The number of hydrogen-bond donors (Lipinski definition) is 1. The number of methoxy groups -OCH3 is 1. The van der Waals surface area contributed by atoms with Gasteiger partial charge in [-0.15, -0.1) is 0 Å². The van der Waals surface area contributed by atoms with Gasteiger partial charge in [0.05, 0.1) is 12.7 Å². The number of hydrogen-bond acceptors (Lipinski definition) is 5. The van der Waals surface area contributed by atoms with Crippen LogP contribution in [0.25, 0.3) is 16.9 Å². The van der Waals surface area contributed by atoms with E-state index in [2.05, 4.69) is 11.1 Å². The molecule has 1 N–H and O–H groups in total. The SMILES string of the molecule is COC(=O)[C@@H](O)c1c(-c2cccc(Cl)c2)nn2c(C3CCCCC3)cc(C)nc12. The minimum Gasteiger partial charge on any atom is -0.467 e. The molecule has 1 atom stereocenters. The summed E-state index contributed by atoms with van der Waals surface area (Å²) in [5, 5.41) is 16.1. The number of fused-ring (bicyclic) bond motifs is 1. The van der Waals surface area contributed by atoms with E-state index in [9.17, 15) is 9.90 Å². The quantitative estimate of drug-likeness (QED) is 0.632. The van der Waals surface area contributed by atoms with Crippen LogP contribution in [-0.2, 0) is 9.53 Å². The standard InChI is InChI=1S/C22H24ClN3O3/c1-13-11-17(14-7-4-3-5-8-14)26-21(24-13)18(20(27)22(28)29-2)19(25-26)15-9-6-10-16(23)12-15/h6,9-12,14,20,27H,3-5,7-8H2,1-2H3/t20-/m0/s1. The van der Waals surface area contributed by atoms with Gasteiger partial charge in [0.1, 0.15) is 5.69 Å². The monoisotopic (exact) mass is 413 g/mol. The van der Waals surface area contributed by atoms with Crippen molar-refractivity contribution in [3.63, 3.8) is 0 Å². The number of nitrogens with zero attached hydrogens (tertiary/aromatic N) is 3. The predicted molar refractivity (Wildman–Crippen MR) is 111 cm³/mol. The van der Waals surface area contributed by atoms with Gasteiger partial charge in [-0.05, 0) is 38.0 Å². The fourth-order valence-corrected chi connectivity index (χ4v) is 4.39. The second kappa shape index (κ2) is 8.13. The molecule has 1 aliphatic carbocycles. The summed E-state index contributed by atoms with van der Waals surface area (Å²) in [4.78, 5) is 16.8. The van der Waals surface area contributed by atoms with Gasteiger partial charge in [-0.1, -0.05) is 43.0 Å². The Bertz CT molecular complexity index is 1060. The number of halogens is 1. The third-order valence-corrected chi connectivity index (χ3v) is 5.83. The molecule has 0 bridgehead atoms. The van der Waals surface area contributed by atoms with Crippen molar-refractivity contribution in [2.24, 2.45) is 0 Å². The molecule has 6 nitrogen and oxygen atoms in total. The van der Waals surface area contributed by atoms with Crippen molar-refractivity contribution in [3.8, 4) is 11.3 Å². The highest BCUT2D eigenvalue weighted by atomic mass is 35.5. The van der Waals surface area contributed by atoms with Crippen LogP contribution in [-0.4, -0.2) is 32.8 Å². The smallest absolute Gasteiger partial charge is 0.339 e. The lowest BCUT2D eigenvalue weighted by atomic mass is 9.86. The molecular weight excluding hydrogens is 390 g/mol. The molecule has 1 aromatic carbocycles. The van der Waals surface area contributed by atoms with E-state index in [1.165, 1.54) is 26.4 Å². The summed E-state index contributed by atoms with van der Waals surface area (Å²) in [7, 11) is 1.25. The minimum absolute atomic E-state index is 0.347. The van der Waals surface area contributed by atoms with Crippen molar-refractivity contribution in [3.05, 3.63) is 52.3 Å². The third kappa shape index (κ3) is 3.74. The van der Waals surface area contributed by atoms with Crippen LogP contribution in [0.4, 0.5) is 0 Å². The molecule has 4 rings (SSSR count). The van der Waals surface area contributed by atoms with E-state index in [-0.39, 0.29) is 0 Å². The summed E-state index contributed by atoms with van der Waals surface area (Å²) < 4.78 is 6.59. The van der Waals surface area contributed by atoms with E-state index < -0.39 is 12.1 Å². The van der Waals surface area contributed by atoms with E-state index in [1.807, 2.05) is 19.1 Å². The number of ether oxygens (including phenoxy) is 1. The van der Waals surface area contributed by atoms with Gasteiger partial charge in [-0.25, -0.2) is 14.3 Å². The average molecular weight is 414 g/mol. The molecule has 0 saturated heterocycles. The topological polar surface area (TPSA) is 76.7 Å². The molecule has 0 spiro atoms. The maximum atomic E-state index is 12.2. The summed E-state index contributed by atoms with van der Waals surface area (Å²) in [6.45, 7) is 1.92. The van der Waals surface area contributed by atoms with Gasteiger partial charge in [0.25, 0.3) is 0 Å². The predicted octanol–water partition coefficient (Wildman–Crippen LogP) is 4.61. The first-order valence-electron chi connectivity index (χ1n) is 9.91. The highest BCUT2D eigenvalue weighted by molar-refractivity contribution is 6.30. The highest BCUT2D eigenvalue weighted by Crippen LogP contribution is 2.37. The summed E-state index contributed by atoms with van der Waals surface area (Å²) >= 11 is 6.19. The lowest BCUT2D eigenvalue weighted by molar-refractivity contribution is -0.150. The molecule has 3 aromatic rings. The second-order valence-electron chi connectivity index (χ2n) is 7.59. The van der Waals surface area contributed by atoms with E-state index >= 15 is 0 Å². The number of carbonyl (C=O) groups excluding carboxylic acids is 1. The Hall–Kier alpha value is -2.44. The fourth-order valence-electron chi connectivity index (χ4n) is 4.20. The molecule has 1 aliphatic rings. The fraction of sp³-hybridized carbons (Fsp3) is 0.409. The Morgan fingerprint density at radius 3 is 2.72 bits per heavy atom. The Morgan fingerprint density at radius 2 is 2.03 bits per heavy atom. The molecule has 0 amide bonds. The first-order valence-corrected chi connectivity index (χ1v) is 10.3. The summed E-state index contributed by atoms with van der Waals surface area (Å²) in [6.07, 6.45) is 4.34. The van der Waals surface area contributed by atoms with Crippen LogP contribution >= 0.6 is 11.6 Å². The lowest BCUT2D eigenvalue weighted by Crippen LogP contribution is -2.15. The van der Waals surface area contributed by atoms with Gasteiger partial charge >= 0.3 is 5.97 Å². The molecule has 1 saturated carbocycles. The molecule has 152 valence electrons. The van der Waals surface area contributed by atoms with Crippen molar-refractivity contribution in [2.45, 2.75) is 51.0 Å². The molecule has 0 aliphatic heterocycles. The number of aromatic nitrogens is 3. The van der Waals surface area contributed by atoms with Crippen molar-refractivity contribution in [2.75, 3.05) is 7.11 Å². The number of esters is 1. The van der Waals surface area contributed by atoms with Crippen molar-refractivity contribution >= 4 is 23.2 Å². The molecule has 2 heterocycles. The van der Waals surface area contributed by atoms with Gasteiger partial charge < -0.3 is 9.84 Å². The average Bonchev–Trinajstić information content (AvgIpc) is 3.11. The summed E-state index contributed by atoms with van der Waals surface area (Å²) in [5.41, 5.74) is 3.93. The van der Waals surface area contributed by atoms with Crippen LogP contribution in [0.5, 0.6) is 0 Å². The molecule has 7 heteroatoms. The Balaban J connectivity index is 1.99. The molecular formula is C22H24ClN3O3. The molecule has 29 heavy (non-hydrogen) atoms. The van der Waals surface area contributed by atoms with Crippen molar-refractivity contribution in [1.29, 1.82) is 0 Å². The van der Waals surface area contributed by atoms with Crippen LogP contribution in [0.15, 0.2) is 30.3 Å². The van der Waals surface area contributed by atoms with E-state index in [1.54, 1.807) is 16.6 Å². The normalized spacial score (nSPS) is 16.1. The maximum absolute atomic E-state index is 12.2. The van der Waals surface area contributed by atoms with Gasteiger partial charge in [-0.2, -0.15) is 5.10 Å². The van der Waals surface area contributed by atoms with Crippen LogP contribution < -0.4 is 0 Å². The summed E-state index contributed by atoms with van der Waals surface area (Å²) in [5.74, 6) is -0.367. The zero-order valence-electron chi connectivity index (χ0n) is 16.6. The van der Waals surface area contributed by atoms with E-state index in [4.69, 9.17) is 21.4 Å².